The number of hydroxylamine groups is 2. The number of rotatable bonds is 3. The molecule has 24 heavy (non-hydrogen) atoms. The van der Waals surface area contributed by atoms with Gasteiger partial charge in [-0.05, 0) is 24.3 Å². The Kier molecular flexibility index (Phi) is 3.60. The number of fused-ring (bicyclic) bond motifs is 1. The molecule has 124 valence electrons. The molecular weight excluding hydrogens is 337 g/mol. The predicted molar refractivity (Wildman–Crippen MR) is 68.2 cm³/mol. The van der Waals surface area contributed by atoms with E-state index < -0.39 is 40.9 Å². The number of amides is 2. The summed E-state index contributed by atoms with van der Waals surface area (Å²) in [5, 5.41) is -0.245. The van der Waals surface area contributed by atoms with Crippen molar-refractivity contribution in [3.05, 3.63) is 70.5 Å². The number of alkyl halides is 2. The Balaban J connectivity index is 1.95. The van der Waals surface area contributed by atoms with Crippen molar-refractivity contribution in [1.82, 2.24) is 5.06 Å². The van der Waals surface area contributed by atoms with Crippen molar-refractivity contribution in [3.63, 3.8) is 0 Å². The fraction of sp³-hybridized carbons (Fsp3) is 0.0667. The molecule has 4 nitrogen and oxygen atoms in total. The SMILES string of the molecule is O=C1c2ccccc2C(=O)N1OC(F)(F)c1ccc(F)c(F)c1F. The van der Waals surface area contributed by atoms with Gasteiger partial charge in [0.05, 0.1) is 16.7 Å². The molecule has 2 aromatic rings. The lowest BCUT2D eigenvalue weighted by Crippen LogP contribution is -2.37. The summed E-state index contributed by atoms with van der Waals surface area (Å²) < 4.78 is 67.6. The summed E-state index contributed by atoms with van der Waals surface area (Å²) in [6, 6.07) is 5.77. The van der Waals surface area contributed by atoms with Crippen LogP contribution in [-0.4, -0.2) is 16.9 Å². The summed E-state index contributed by atoms with van der Waals surface area (Å²) in [5.41, 5.74) is -2.01. The molecule has 0 saturated carbocycles. The number of hydrogen-bond donors (Lipinski definition) is 0. The molecule has 0 radical (unpaired) electrons. The van der Waals surface area contributed by atoms with Gasteiger partial charge < -0.3 is 0 Å². The zero-order chi connectivity index (χ0) is 17.6. The molecule has 0 N–H and O–H groups in total. The molecule has 2 aromatic carbocycles. The van der Waals surface area contributed by atoms with Gasteiger partial charge in [0.15, 0.2) is 17.5 Å². The lowest BCUT2D eigenvalue weighted by Gasteiger charge is -2.22. The van der Waals surface area contributed by atoms with Gasteiger partial charge in [-0.1, -0.05) is 12.1 Å². The van der Waals surface area contributed by atoms with Crippen molar-refractivity contribution < 1.29 is 36.4 Å². The second-order valence-electron chi connectivity index (χ2n) is 4.78. The molecule has 0 aliphatic carbocycles. The third kappa shape index (κ3) is 2.33. The molecule has 0 aromatic heterocycles. The van der Waals surface area contributed by atoms with Crippen molar-refractivity contribution >= 4 is 11.8 Å². The van der Waals surface area contributed by atoms with Gasteiger partial charge in [0.25, 0.3) is 11.8 Å². The van der Waals surface area contributed by atoms with Crippen molar-refractivity contribution in [2.75, 3.05) is 0 Å². The summed E-state index contributed by atoms with van der Waals surface area (Å²) in [7, 11) is 0. The van der Waals surface area contributed by atoms with Crippen LogP contribution in [0.5, 0.6) is 0 Å². The Hall–Kier alpha value is -2.81. The van der Waals surface area contributed by atoms with E-state index in [9.17, 15) is 31.5 Å². The van der Waals surface area contributed by atoms with Crippen LogP contribution in [-0.2, 0) is 10.9 Å². The summed E-state index contributed by atoms with van der Waals surface area (Å²) >= 11 is 0. The maximum atomic E-state index is 14.1. The maximum absolute atomic E-state index is 14.1. The Morgan fingerprint density at radius 3 is 1.92 bits per heavy atom. The van der Waals surface area contributed by atoms with E-state index in [0.29, 0.717) is 0 Å². The Morgan fingerprint density at radius 2 is 1.38 bits per heavy atom. The molecule has 1 aliphatic heterocycles. The van der Waals surface area contributed by atoms with Crippen LogP contribution in [0.25, 0.3) is 0 Å². The average molecular weight is 343 g/mol. The Morgan fingerprint density at radius 1 is 0.833 bits per heavy atom. The highest BCUT2D eigenvalue weighted by Crippen LogP contribution is 2.36. The van der Waals surface area contributed by atoms with Gasteiger partial charge in [0.1, 0.15) is 0 Å². The number of carbonyl (C=O) groups is 2. The molecule has 0 fully saturated rings. The van der Waals surface area contributed by atoms with Crippen LogP contribution >= 0.6 is 0 Å². The van der Waals surface area contributed by atoms with Crippen LogP contribution < -0.4 is 0 Å². The molecule has 0 atom stereocenters. The van der Waals surface area contributed by atoms with E-state index in [1.807, 2.05) is 0 Å². The molecule has 0 unspecified atom stereocenters. The summed E-state index contributed by atoms with van der Waals surface area (Å²) in [5.74, 6) is -8.35. The predicted octanol–water partition coefficient (Wildman–Crippen LogP) is 3.38. The number of hydrogen-bond acceptors (Lipinski definition) is 3. The fourth-order valence-electron chi connectivity index (χ4n) is 2.16. The zero-order valence-electron chi connectivity index (χ0n) is 11.5. The molecule has 0 saturated heterocycles. The van der Waals surface area contributed by atoms with E-state index in [1.54, 1.807) is 0 Å². The van der Waals surface area contributed by atoms with Crippen LogP contribution in [0.15, 0.2) is 36.4 Å². The topological polar surface area (TPSA) is 46.6 Å². The van der Waals surface area contributed by atoms with E-state index in [2.05, 4.69) is 4.84 Å². The van der Waals surface area contributed by atoms with E-state index in [0.717, 1.165) is 0 Å². The van der Waals surface area contributed by atoms with Crippen molar-refractivity contribution in [2.24, 2.45) is 0 Å². The van der Waals surface area contributed by atoms with Crippen molar-refractivity contribution in [3.8, 4) is 0 Å². The first-order valence-electron chi connectivity index (χ1n) is 6.43. The van der Waals surface area contributed by atoms with E-state index in [1.165, 1.54) is 24.3 Å². The van der Waals surface area contributed by atoms with Crippen molar-refractivity contribution in [1.29, 1.82) is 0 Å². The van der Waals surface area contributed by atoms with Gasteiger partial charge >= 0.3 is 6.11 Å². The standard InChI is InChI=1S/C15H6F5NO3/c16-10-6-5-9(11(17)12(10)18)15(19,20)24-21-13(22)7-3-1-2-4-8(7)14(21)23/h1-6H. The number of carbonyl (C=O) groups excluding carboxylic acids is 2. The molecular formula is C15H6F5NO3. The van der Waals surface area contributed by atoms with Crippen molar-refractivity contribution in [2.45, 2.75) is 6.11 Å². The fourth-order valence-corrected chi connectivity index (χ4v) is 2.16. The highest BCUT2D eigenvalue weighted by molar-refractivity contribution is 6.20. The summed E-state index contributed by atoms with van der Waals surface area (Å²) in [6.07, 6.45) is -4.59. The van der Waals surface area contributed by atoms with Crippen LogP contribution in [0.4, 0.5) is 22.0 Å². The monoisotopic (exact) mass is 343 g/mol. The number of halogens is 5. The highest BCUT2D eigenvalue weighted by Gasteiger charge is 2.47. The summed E-state index contributed by atoms with van der Waals surface area (Å²) in [6.45, 7) is 0. The average Bonchev–Trinajstić information content (AvgIpc) is 2.77. The van der Waals surface area contributed by atoms with Gasteiger partial charge in [-0.3, -0.25) is 9.59 Å². The Labute approximate surface area is 131 Å². The third-order valence-corrected chi connectivity index (χ3v) is 3.31. The van der Waals surface area contributed by atoms with Crippen LogP contribution in [0.2, 0.25) is 0 Å². The largest absolute Gasteiger partial charge is 0.406 e. The van der Waals surface area contributed by atoms with Gasteiger partial charge in [0.2, 0.25) is 0 Å². The molecule has 1 aliphatic rings. The van der Waals surface area contributed by atoms with Gasteiger partial charge in [-0.15, -0.1) is 5.06 Å². The molecule has 3 rings (SSSR count). The van der Waals surface area contributed by atoms with Crippen LogP contribution in [0.1, 0.15) is 26.3 Å². The maximum Gasteiger partial charge on any atom is 0.406 e. The first kappa shape index (κ1) is 16.1. The first-order valence-corrected chi connectivity index (χ1v) is 6.43. The number of benzene rings is 2. The Bertz CT molecular complexity index is 833. The highest BCUT2D eigenvalue weighted by atomic mass is 19.3. The van der Waals surface area contributed by atoms with Gasteiger partial charge in [0, 0.05) is 0 Å². The quantitative estimate of drug-likeness (QED) is 0.488. The molecule has 1 heterocycles. The minimum atomic E-state index is -4.59. The second kappa shape index (κ2) is 5.38. The normalized spacial score (nSPS) is 14.3. The van der Waals surface area contributed by atoms with Crippen LogP contribution in [0.3, 0.4) is 0 Å². The molecule has 2 amide bonds. The molecule has 9 heteroatoms. The summed E-state index contributed by atoms with van der Waals surface area (Å²) in [4.78, 5) is 27.9. The molecule has 0 spiro atoms. The van der Waals surface area contributed by atoms with E-state index in [-0.39, 0.29) is 28.3 Å². The zero-order valence-corrected chi connectivity index (χ0v) is 11.5. The van der Waals surface area contributed by atoms with Crippen LogP contribution in [0, 0.1) is 17.5 Å². The lowest BCUT2D eigenvalue weighted by atomic mass is 10.1. The minimum Gasteiger partial charge on any atom is -0.266 e. The van der Waals surface area contributed by atoms with Gasteiger partial charge in [-0.2, -0.15) is 13.6 Å². The number of imide groups is 1. The first-order chi connectivity index (χ1) is 11.2. The second-order valence-corrected chi connectivity index (χ2v) is 4.78. The van der Waals surface area contributed by atoms with E-state index in [4.69, 9.17) is 0 Å². The molecule has 0 bridgehead atoms. The smallest absolute Gasteiger partial charge is 0.266 e. The van der Waals surface area contributed by atoms with Gasteiger partial charge in [-0.25, -0.2) is 13.2 Å². The minimum absolute atomic E-state index is 0.177. The number of nitrogens with zero attached hydrogens (tertiary/aromatic N) is 1. The van der Waals surface area contributed by atoms with E-state index >= 15 is 0 Å². The third-order valence-electron chi connectivity index (χ3n) is 3.31. The lowest BCUT2D eigenvalue weighted by molar-refractivity contribution is -0.327.